The van der Waals surface area contributed by atoms with Crippen LogP contribution in [-0.2, 0) is 0 Å². The summed E-state index contributed by atoms with van der Waals surface area (Å²) in [6.45, 7) is 4.63. The highest BCUT2D eigenvalue weighted by molar-refractivity contribution is 5.82. The van der Waals surface area contributed by atoms with Gasteiger partial charge in [-0.2, -0.15) is 0 Å². The lowest BCUT2D eigenvalue weighted by molar-refractivity contribution is 0.493. The highest BCUT2D eigenvalue weighted by atomic mass is 14.9. The van der Waals surface area contributed by atoms with E-state index < -0.39 is 0 Å². The molecule has 1 aromatic carbocycles. The second kappa shape index (κ2) is 3.73. The van der Waals surface area contributed by atoms with E-state index in [0.717, 1.165) is 5.52 Å². The summed E-state index contributed by atoms with van der Waals surface area (Å²) < 4.78 is 0. The lowest BCUT2D eigenvalue weighted by Gasteiger charge is -2.21. The molecule has 1 unspecified atom stereocenters. The van der Waals surface area contributed by atoms with Crippen molar-refractivity contribution in [3.05, 3.63) is 36.5 Å². The van der Waals surface area contributed by atoms with Gasteiger partial charge >= 0.3 is 0 Å². The van der Waals surface area contributed by atoms with Gasteiger partial charge < -0.3 is 5.32 Å². The van der Waals surface area contributed by atoms with Crippen molar-refractivity contribution in [2.24, 2.45) is 5.41 Å². The lowest BCUT2D eigenvalue weighted by Crippen LogP contribution is -2.24. The Labute approximate surface area is 102 Å². The molecule has 17 heavy (non-hydrogen) atoms. The summed E-state index contributed by atoms with van der Waals surface area (Å²) in [7, 11) is 0. The van der Waals surface area contributed by atoms with Crippen molar-refractivity contribution in [1.82, 2.24) is 4.98 Å². The van der Waals surface area contributed by atoms with E-state index in [1.807, 2.05) is 12.3 Å². The van der Waals surface area contributed by atoms with Crippen LogP contribution in [0, 0.1) is 5.41 Å². The molecule has 1 fully saturated rings. The van der Waals surface area contributed by atoms with Crippen LogP contribution < -0.4 is 5.32 Å². The maximum Gasteiger partial charge on any atom is 0.0703 e. The molecule has 1 aromatic heterocycles. The maximum atomic E-state index is 4.33. The van der Waals surface area contributed by atoms with Gasteiger partial charge in [-0.25, -0.2) is 0 Å². The second-order valence-corrected chi connectivity index (χ2v) is 5.43. The zero-order valence-corrected chi connectivity index (χ0v) is 10.4. The Morgan fingerprint density at radius 3 is 2.88 bits per heavy atom. The van der Waals surface area contributed by atoms with Gasteiger partial charge in [-0.3, -0.25) is 4.98 Å². The first-order chi connectivity index (χ1) is 8.17. The fourth-order valence-electron chi connectivity index (χ4n) is 2.22. The molecule has 1 aliphatic rings. The van der Waals surface area contributed by atoms with Crippen LogP contribution in [0.5, 0.6) is 0 Å². The van der Waals surface area contributed by atoms with Gasteiger partial charge in [0, 0.05) is 23.3 Å². The molecule has 2 aromatic rings. The van der Waals surface area contributed by atoms with E-state index in [2.05, 4.69) is 48.4 Å². The number of hydrogen-bond donors (Lipinski definition) is 1. The predicted molar refractivity (Wildman–Crippen MR) is 72.2 cm³/mol. The summed E-state index contributed by atoms with van der Waals surface area (Å²) >= 11 is 0. The Bertz CT molecular complexity index is 543. The Morgan fingerprint density at radius 1 is 1.29 bits per heavy atom. The number of benzene rings is 1. The summed E-state index contributed by atoms with van der Waals surface area (Å²) in [5.74, 6) is 0. The van der Waals surface area contributed by atoms with Gasteiger partial charge in [-0.1, -0.05) is 13.0 Å². The summed E-state index contributed by atoms with van der Waals surface area (Å²) in [5, 5.41) is 4.81. The number of pyridine rings is 1. The Kier molecular flexibility index (Phi) is 2.32. The molecule has 1 atom stereocenters. The zero-order valence-electron chi connectivity index (χ0n) is 10.4. The van der Waals surface area contributed by atoms with Crippen molar-refractivity contribution in [3.63, 3.8) is 0 Å². The fourth-order valence-corrected chi connectivity index (χ4v) is 2.22. The Balaban J connectivity index is 1.85. The number of nitrogens with one attached hydrogen (secondary N) is 1. The topological polar surface area (TPSA) is 24.9 Å². The van der Waals surface area contributed by atoms with Crippen LogP contribution in [0.4, 0.5) is 5.69 Å². The van der Waals surface area contributed by atoms with Gasteiger partial charge in [0.05, 0.1) is 5.52 Å². The van der Waals surface area contributed by atoms with Crippen LogP contribution in [0.2, 0.25) is 0 Å². The number of nitrogens with zero attached hydrogens (tertiary/aromatic N) is 1. The number of aromatic nitrogens is 1. The molecule has 0 spiro atoms. The summed E-state index contributed by atoms with van der Waals surface area (Å²) in [6, 6.07) is 11.0. The monoisotopic (exact) mass is 226 g/mol. The molecule has 0 radical (unpaired) electrons. The minimum absolute atomic E-state index is 0.504. The standard InChI is InChI=1S/C15H18N2/c1-11(15(2)7-8-15)17-13-5-6-14-12(10-13)4-3-9-16-14/h3-6,9-11,17H,7-8H2,1-2H3. The van der Waals surface area contributed by atoms with E-state index in [9.17, 15) is 0 Å². The SMILES string of the molecule is CC(Nc1ccc2ncccc2c1)C1(C)CC1. The third-order valence-corrected chi connectivity index (χ3v) is 4.07. The van der Waals surface area contributed by atoms with Gasteiger partial charge in [0.1, 0.15) is 0 Å². The number of anilines is 1. The zero-order chi connectivity index (χ0) is 11.9. The first-order valence-electron chi connectivity index (χ1n) is 6.29. The molecule has 88 valence electrons. The van der Waals surface area contributed by atoms with Gasteiger partial charge in [-0.05, 0) is 49.4 Å². The van der Waals surface area contributed by atoms with Crippen molar-refractivity contribution in [1.29, 1.82) is 0 Å². The van der Waals surface area contributed by atoms with E-state index >= 15 is 0 Å². The molecule has 0 saturated heterocycles. The maximum absolute atomic E-state index is 4.33. The summed E-state index contributed by atoms with van der Waals surface area (Å²) in [6.07, 6.45) is 4.52. The molecule has 2 nitrogen and oxygen atoms in total. The molecular formula is C15H18N2. The largest absolute Gasteiger partial charge is 0.382 e. The van der Waals surface area contributed by atoms with E-state index in [0.29, 0.717) is 11.5 Å². The van der Waals surface area contributed by atoms with Crippen LogP contribution >= 0.6 is 0 Å². The van der Waals surface area contributed by atoms with Gasteiger partial charge in [0.25, 0.3) is 0 Å². The van der Waals surface area contributed by atoms with E-state index in [1.54, 1.807) is 0 Å². The molecule has 0 bridgehead atoms. The molecule has 2 heteroatoms. The fraction of sp³-hybridized carbons (Fsp3) is 0.400. The van der Waals surface area contributed by atoms with Crippen molar-refractivity contribution >= 4 is 16.6 Å². The van der Waals surface area contributed by atoms with Crippen LogP contribution in [0.1, 0.15) is 26.7 Å². The molecule has 0 aliphatic heterocycles. The Morgan fingerprint density at radius 2 is 2.12 bits per heavy atom. The quantitative estimate of drug-likeness (QED) is 0.860. The average molecular weight is 226 g/mol. The molecule has 0 amide bonds. The molecule has 3 rings (SSSR count). The third kappa shape index (κ3) is 1.99. The lowest BCUT2D eigenvalue weighted by atomic mass is 10.0. The molecule has 1 aliphatic carbocycles. The molecular weight excluding hydrogens is 208 g/mol. The second-order valence-electron chi connectivity index (χ2n) is 5.43. The van der Waals surface area contributed by atoms with Crippen LogP contribution in [0.25, 0.3) is 10.9 Å². The minimum Gasteiger partial charge on any atom is -0.382 e. The van der Waals surface area contributed by atoms with Crippen molar-refractivity contribution < 1.29 is 0 Å². The average Bonchev–Trinajstić information content (AvgIpc) is 3.09. The predicted octanol–water partition coefficient (Wildman–Crippen LogP) is 3.84. The van der Waals surface area contributed by atoms with Gasteiger partial charge in [-0.15, -0.1) is 0 Å². The van der Waals surface area contributed by atoms with Crippen LogP contribution in [0.3, 0.4) is 0 Å². The van der Waals surface area contributed by atoms with E-state index in [1.165, 1.54) is 23.9 Å². The highest BCUT2D eigenvalue weighted by Gasteiger charge is 2.42. The van der Waals surface area contributed by atoms with Crippen molar-refractivity contribution in [2.75, 3.05) is 5.32 Å². The van der Waals surface area contributed by atoms with Crippen molar-refractivity contribution in [2.45, 2.75) is 32.7 Å². The number of hydrogen-bond acceptors (Lipinski definition) is 2. The first kappa shape index (κ1) is 10.6. The first-order valence-corrected chi connectivity index (χ1v) is 6.29. The molecule has 1 saturated carbocycles. The Hall–Kier alpha value is -1.57. The normalized spacial score (nSPS) is 18.9. The summed E-state index contributed by atoms with van der Waals surface area (Å²) in [5.41, 5.74) is 2.76. The van der Waals surface area contributed by atoms with Crippen LogP contribution in [0.15, 0.2) is 36.5 Å². The summed E-state index contributed by atoms with van der Waals surface area (Å²) in [4.78, 5) is 4.33. The number of rotatable bonds is 3. The third-order valence-electron chi connectivity index (χ3n) is 4.07. The van der Waals surface area contributed by atoms with Gasteiger partial charge in [0.15, 0.2) is 0 Å². The van der Waals surface area contributed by atoms with Crippen molar-refractivity contribution in [3.8, 4) is 0 Å². The molecule has 1 heterocycles. The van der Waals surface area contributed by atoms with E-state index in [-0.39, 0.29) is 0 Å². The molecule has 1 N–H and O–H groups in total. The van der Waals surface area contributed by atoms with Crippen LogP contribution in [-0.4, -0.2) is 11.0 Å². The van der Waals surface area contributed by atoms with E-state index in [4.69, 9.17) is 0 Å². The minimum atomic E-state index is 0.504. The number of fused-ring (bicyclic) bond motifs is 1. The van der Waals surface area contributed by atoms with Gasteiger partial charge in [0.2, 0.25) is 0 Å². The smallest absolute Gasteiger partial charge is 0.0703 e. The highest BCUT2D eigenvalue weighted by Crippen LogP contribution is 2.48.